The van der Waals surface area contributed by atoms with Gasteiger partial charge in [0.15, 0.2) is 0 Å². The Morgan fingerprint density at radius 3 is 1.57 bits per heavy atom. The monoisotopic (exact) mass is 1700 g/mol. The number of carbonyl (C=O) groups excluding carboxylic acids is 15. The predicted molar refractivity (Wildman–Crippen MR) is 423 cm³/mol. The quantitative estimate of drug-likeness (QED) is 0.0164. The van der Waals surface area contributed by atoms with Gasteiger partial charge < -0.3 is 116 Å². The van der Waals surface area contributed by atoms with Crippen molar-refractivity contribution in [3.8, 4) is 5.75 Å². The molecule has 45 heteroatoms. The van der Waals surface area contributed by atoms with Crippen molar-refractivity contribution >= 4 is 107 Å². The number of aliphatic hydroxyl groups is 2. The first kappa shape index (κ1) is 99.7. The molecule has 45 nitrogen and oxygen atoms in total. The number of hydrogen-bond acceptors (Lipinski definition) is 27. The molecule has 15 atom stereocenters. The Morgan fingerprint density at radius 2 is 1.05 bits per heavy atom. The number of hydrogen-bond donors (Lipinski definition) is 21. The molecule has 4 heterocycles. The molecule has 0 aliphatic carbocycles. The third-order valence-corrected chi connectivity index (χ3v) is 21.3. The van der Waals surface area contributed by atoms with Gasteiger partial charge in [-0.1, -0.05) is 26.0 Å². The molecule has 26 N–H and O–H groups in total. The summed E-state index contributed by atoms with van der Waals surface area (Å²) in [6.07, 6.45) is -3.11. The molecule has 120 heavy (non-hydrogen) atoms. The van der Waals surface area contributed by atoms with Crippen LogP contribution in [0.5, 0.6) is 5.75 Å². The fourth-order valence-electron chi connectivity index (χ4n) is 14.8. The molecule has 4 aliphatic heterocycles. The van der Waals surface area contributed by atoms with Crippen LogP contribution in [0.1, 0.15) is 143 Å². The molecule has 4 saturated heterocycles. The van der Waals surface area contributed by atoms with E-state index in [9.17, 15) is 117 Å². The standard InChI is InChI=1S/C75H121N21O24/c1-40(2)62(88-66(111)47(18-21-56(77)100)83-65(110)48(20-23-59(103)104)84-67(112)49(90-80)19-22-57(78)101)71(116)87-52(39-97)73(118)94-26-10-13-53(94)69(114)85-50(35-44-14-16-45(99)17-15-44)68(113)89-63(43(5)98)72(117)86-51-33-41(3)96(74(51)119)55-34-42(4)95(75(55)120)54(12-6-8-24-76)70(115)82-46(64(79)109)11-7-9-25-81-58(102)36-91-27-29-92(37-60(105)106)31-32-93(30-28-91)38-61(107)108/h14-17,40-43,46-55,62-63,90,97-99H,6-13,18-39,76,80H2,1-5H3,(H2,77,100)(H2,78,101)(H2,79,109)(H,81,102)(H,82,115)(H,83,110)(H,84,112)(H,85,114)(H,86,117)(H,87,116)(H,88,111)(H,89,113)(H,103,104)(H,105,106)(H,107,108)/t41?,42?,43?,46?,47-,48-,49-,50-,51-,52-,53-,54-,55-,62-,63-/m0/s1. The minimum Gasteiger partial charge on any atom is -0.508 e. The van der Waals surface area contributed by atoms with Crippen LogP contribution in [-0.2, 0) is 92.7 Å². The number of nitrogens with two attached hydrogens (primary N) is 5. The Bertz CT molecular complexity index is 3740. The molecular weight excluding hydrogens is 1580 g/mol. The minimum atomic E-state index is -1.83. The van der Waals surface area contributed by atoms with Crippen molar-refractivity contribution in [1.29, 1.82) is 0 Å². The Balaban J connectivity index is 1.24. The van der Waals surface area contributed by atoms with Crippen LogP contribution < -0.4 is 82.1 Å². The van der Waals surface area contributed by atoms with Gasteiger partial charge in [-0.15, -0.1) is 0 Å². The molecule has 4 fully saturated rings. The lowest BCUT2D eigenvalue weighted by atomic mass is 10.0. The number of rotatable bonds is 50. The summed E-state index contributed by atoms with van der Waals surface area (Å²) >= 11 is 0. The number of nitrogens with one attached hydrogen (secondary N) is 10. The first-order valence-electron chi connectivity index (χ1n) is 40.2. The number of amides is 15. The number of carboxylic acids is 3. The number of phenols is 1. The number of primary amides is 3. The Labute approximate surface area is 693 Å². The van der Waals surface area contributed by atoms with E-state index in [-0.39, 0.29) is 109 Å². The van der Waals surface area contributed by atoms with Gasteiger partial charge in [-0.25, -0.2) is 5.43 Å². The molecular formula is C75H121N21O24. The van der Waals surface area contributed by atoms with Gasteiger partial charge in [0.1, 0.15) is 78.3 Å². The highest BCUT2D eigenvalue weighted by atomic mass is 16.4. The minimum absolute atomic E-state index is 0.0289. The van der Waals surface area contributed by atoms with E-state index in [2.05, 4.69) is 53.3 Å². The summed E-state index contributed by atoms with van der Waals surface area (Å²) in [4.78, 5) is 250. The maximum atomic E-state index is 14.8. The molecule has 5 rings (SSSR count). The summed E-state index contributed by atoms with van der Waals surface area (Å²) < 4.78 is 0. The van der Waals surface area contributed by atoms with Crippen LogP contribution in [0.4, 0.5) is 0 Å². The summed E-state index contributed by atoms with van der Waals surface area (Å²) in [7, 11) is 0. The van der Waals surface area contributed by atoms with Crippen LogP contribution >= 0.6 is 0 Å². The molecule has 15 amide bonds. The first-order valence-corrected chi connectivity index (χ1v) is 40.2. The van der Waals surface area contributed by atoms with Crippen molar-refractivity contribution in [3.63, 3.8) is 0 Å². The highest BCUT2D eigenvalue weighted by Crippen LogP contribution is 2.33. The van der Waals surface area contributed by atoms with Crippen LogP contribution in [0.25, 0.3) is 0 Å². The van der Waals surface area contributed by atoms with E-state index in [1.165, 1.54) is 54.8 Å². The number of aromatic hydroxyl groups is 1. The first-order chi connectivity index (χ1) is 56.7. The van der Waals surface area contributed by atoms with Gasteiger partial charge in [-0.05, 0) is 134 Å². The third-order valence-electron chi connectivity index (χ3n) is 21.3. The predicted octanol–water partition coefficient (Wildman–Crippen LogP) is -8.97. The van der Waals surface area contributed by atoms with E-state index in [4.69, 9.17) is 28.8 Å². The van der Waals surface area contributed by atoms with Crippen molar-refractivity contribution in [1.82, 2.24) is 82.7 Å². The lowest BCUT2D eigenvalue weighted by Crippen LogP contribution is -2.62. The number of carboxylic acid groups (broad SMARTS) is 3. The van der Waals surface area contributed by atoms with Crippen LogP contribution in [-0.4, -0.2) is 342 Å². The second-order valence-electron chi connectivity index (χ2n) is 31.1. The summed E-state index contributed by atoms with van der Waals surface area (Å²) in [5.41, 5.74) is 24.8. The van der Waals surface area contributed by atoms with Gasteiger partial charge >= 0.3 is 17.9 Å². The average Bonchev–Trinajstić information content (AvgIpc) is 1.61. The zero-order chi connectivity index (χ0) is 89.4. The maximum Gasteiger partial charge on any atom is 0.317 e. The van der Waals surface area contributed by atoms with E-state index in [1.54, 1.807) is 28.5 Å². The van der Waals surface area contributed by atoms with Gasteiger partial charge in [0.05, 0.1) is 32.3 Å². The summed E-state index contributed by atoms with van der Waals surface area (Å²) in [6.45, 7) is 8.07. The third kappa shape index (κ3) is 31.4. The molecule has 0 aromatic heterocycles. The van der Waals surface area contributed by atoms with Gasteiger partial charge in [0, 0.05) is 90.1 Å². The Hall–Kier alpha value is -10.8. The molecule has 0 bridgehead atoms. The highest BCUT2D eigenvalue weighted by molar-refractivity contribution is 6.01. The van der Waals surface area contributed by atoms with Crippen molar-refractivity contribution in [2.24, 2.45) is 34.7 Å². The molecule has 1 aromatic rings. The number of likely N-dealkylation sites (tertiary alicyclic amines) is 3. The number of phenolic OH excluding ortho intramolecular Hbond substituents is 1. The fourth-order valence-corrected chi connectivity index (χ4v) is 14.8. The van der Waals surface area contributed by atoms with Gasteiger partial charge in [-0.3, -0.25) is 107 Å². The lowest BCUT2D eigenvalue weighted by Gasteiger charge is -2.33. The van der Waals surface area contributed by atoms with E-state index in [0.29, 0.717) is 70.5 Å². The molecule has 0 saturated carbocycles. The zero-order valence-corrected chi connectivity index (χ0v) is 68.4. The van der Waals surface area contributed by atoms with E-state index in [1.807, 2.05) is 0 Å². The molecule has 670 valence electrons. The number of aliphatic carboxylic acids is 3. The van der Waals surface area contributed by atoms with Crippen LogP contribution in [0.2, 0.25) is 0 Å². The second kappa shape index (κ2) is 49.0. The number of benzene rings is 1. The highest BCUT2D eigenvalue weighted by Gasteiger charge is 2.52. The van der Waals surface area contributed by atoms with Crippen LogP contribution in [0, 0.1) is 5.92 Å². The number of hydrazine groups is 1. The molecule has 4 aliphatic rings. The van der Waals surface area contributed by atoms with Crippen molar-refractivity contribution < 1.29 is 117 Å². The fraction of sp³-hybridized carbons (Fsp3) is 0.680. The van der Waals surface area contributed by atoms with Crippen LogP contribution in [0.15, 0.2) is 24.3 Å². The van der Waals surface area contributed by atoms with Gasteiger partial charge in [0.2, 0.25) is 88.6 Å². The lowest BCUT2D eigenvalue weighted by molar-refractivity contribution is -0.146. The van der Waals surface area contributed by atoms with Crippen molar-refractivity contribution in [2.75, 3.05) is 85.1 Å². The summed E-state index contributed by atoms with van der Waals surface area (Å²) in [6, 6.07) is -13.7. The van der Waals surface area contributed by atoms with Gasteiger partial charge in [0.25, 0.3) is 0 Å². The topological polar surface area (TPSA) is 698 Å². The zero-order valence-electron chi connectivity index (χ0n) is 68.4. The smallest absolute Gasteiger partial charge is 0.317 e. The van der Waals surface area contributed by atoms with E-state index in [0.717, 1.165) is 4.90 Å². The Kier molecular flexibility index (Phi) is 40.7. The summed E-state index contributed by atoms with van der Waals surface area (Å²) in [5.74, 6) is -12.3. The Morgan fingerprint density at radius 1 is 0.533 bits per heavy atom. The SMILES string of the molecule is CC(C)[C@H](NC(=O)[C@H](CCC(N)=O)NC(=O)[C@H](CCC(=O)O)NC(=O)[C@H](CCC(N)=O)NN)C(=O)N[C@@H](CO)C(=O)N1CCC[C@H]1C(=O)N[C@@H](Cc1ccc(O)cc1)C(=O)N[C@H](C(=O)N[C@H]1CC(C)N([C@H]2CC(C)N([C@@H](CCCCN)C(=O)NC(CCCCNC(=O)CN3CCN(CC(=O)O)CCN(CC(=O)O)CC3)C(N)=O)C2=O)C1=O)C(C)O. The maximum absolute atomic E-state index is 14.8. The van der Waals surface area contributed by atoms with Crippen molar-refractivity contribution in [2.45, 2.75) is 234 Å². The van der Waals surface area contributed by atoms with E-state index < -0.39 is 230 Å². The molecule has 4 unspecified atom stereocenters. The normalized spacial score (nSPS) is 20.5. The number of aliphatic hydroxyl groups excluding tert-OH is 2. The van der Waals surface area contributed by atoms with E-state index >= 15 is 0 Å². The number of unbranched alkanes of at least 4 members (excludes halogenated alkanes) is 2. The second-order valence-corrected chi connectivity index (χ2v) is 31.1. The summed E-state index contributed by atoms with van der Waals surface area (Å²) in [5, 5.41) is 82.9. The number of carbonyl (C=O) groups is 18. The molecule has 1 aromatic carbocycles. The van der Waals surface area contributed by atoms with Crippen molar-refractivity contribution in [3.05, 3.63) is 29.8 Å². The molecule has 0 spiro atoms. The molecule has 0 radical (unpaired) electrons. The van der Waals surface area contributed by atoms with Crippen LogP contribution in [0.3, 0.4) is 0 Å². The largest absolute Gasteiger partial charge is 0.508 e. The average molecular weight is 1700 g/mol. The van der Waals surface area contributed by atoms with Gasteiger partial charge in [-0.2, -0.15) is 0 Å². The number of nitrogens with zero attached hydrogens (tertiary/aromatic N) is 6.